The van der Waals surface area contributed by atoms with Gasteiger partial charge in [0.2, 0.25) is 0 Å². The van der Waals surface area contributed by atoms with Crippen LogP contribution in [0.1, 0.15) is 16.8 Å². The maximum Gasteiger partial charge on any atom is 0.305 e. The number of nitrogens with zero attached hydrogens (tertiary/aromatic N) is 1. The predicted molar refractivity (Wildman–Crippen MR) is 87.4 cm³/mol. The van der Waals surface area contributed by atoms with Gasteiger partial charge < -0.3 is 10.0 Å². The van der Waals surface area contributed by atoms with Crippen molar-refractivity contribution in [3.8, 4) is 0 Å². The minimum absolute atomic E-state index is 0.0815. The number of rotatable bonds is 5. The Morgan fingerprint density at radius 1 is 1.25 bits per heavy atom. The molecule has 0 aliphatic carbocycles. The number of benzene rings is 1. The van der Waals surface area contributed by atoms with Gasteiger partial charge in [0.25, 0.3) is 5.91 Å². The van der Waals surface area contributed by atoms with Gasteiger partial charge in [-0.25, -0.2) is 0 Å². The molecule has 1 amide bonds. The van der Waals surface area contributed by atoms with Gasteiger partial charge in [0.1, 0.15) is 0 Å². The normalized spacial score (nSPS) is 10.2. The highest BCUT2D eigenvalue weighted by atomic mass is 127. The van der Waals surface area contributed by atoms with E-state index in [0.29, 0.717) is 11.3 Å². The number of anilines is 1. The number of carboxylic acid groups (broad SMARTS) is 1. The Labute approximate surface area is 134 Å². The highest BCUT2D eigenvalue weighted by Crippen LogP contribution is 2.22. The molecule has 0 spiro atoms. The Hall–Kier alpha value is -1.41. The summed E-state index contributed by atoms with van der Waals surface area (Å²) < 4.78 is 1.03. The Morgan fingerprint density at radius 3 is 2.50 bits per heavy atom. The Morgan fingerprint density at radius 2 is 1.95 bits per heavy atom. The van der Waals surface area contributed by atoms with Gasteiger partial charge in [-0.05, 0) is 40.8 Å². The van der Waals surface area contributed by atoms with E-state index in [4.69, 9.17) is 5.11 Å². The van der Waals surface area contributed by atoms with Crippen LogP contribution in [-0.4, -0.2) is 23.5 Å². The molecule has 0 saturated heterocycles. The standard InChI is InChI=1S/C14H12INO3S/c15-12-8-10(9-20-12)14(19)16(7-6-13(17)18)11-4-2-1-3-5-11/h1-5,8-9H,6-7H2,(H,17,18). The van der Waals surface area contributed by atoms with Crippen molar-refractivity contribution in [2.24, 2.45) is 0 Å². The molecule has 0 aliphatic heterocycles. The summed E-state index contributed by atoms with van der Waals surface area (Å²) in [6.45, 7) is 0.157. The first-order valence-corrected chi connectivity index (χ1v) is 7.86. The van der Waals surface area contributed by atoms with Crippen LogP contribution in [0.25, 0.3) is 0 Å². The maximum atomic E-state index is 12.5. The van der Waals surface area contributed by atoms with Crippen molar-refractivity contribution in [2.45, 2.75) is 6.42 Å². The quantitative estimate of drug-likeness (QED) is 0.781. The van der Waals surface area contributed by atoms with Gasteiger partial charge in [-0.3, -0.25) is 9.59 Å². The first-order valence-electron chi connectivity index (χ1n) is 5.90. The van der Waals surface area contributed by atoms with Crippen molar-refractivity contribution in [3.63, 3.8) is 0 Å². The summed E-state index contributed by atoms with van der Waals surface area (Å²) in [5, 5.41) is 10.6. The van der Waals surface area contributed by atoms with E-state index in [1.54, 1.807) is 17.5 Å². The SMILES string of the molecule is O=C(O)CCN(C(=O)c1csc(I)c1)c1ccccc1. The largest absolute Gasteiger partial charge is 0.481 e. The molecule has 0 unspecified atom stereocenters. The van der Waals surface area contributed by atoms with E-state index in [2.05, 4.69) is 22.6 Å². The van der Waals surface area contributed by atoms with E-state index in [-0.39, 0.29) is 18.9 Å². The van der Waals surface area contributed by atoms with Gasteiger partial charge >= 0.3 is 5.97 Å². The zero-order valence-corrected chi connectivity index (χ0v) is 13.4. The van der Waals surface area contributed by atoms with Crippen LogP contribution in [0.2, 0.25) is 0 Å². The summed E-state index contributed by atoms with van der Waals surface area (Å²) in [6.07, 6.45) is -0.0815. The van der Waals surface area contributed by atoms with Crippen LogP contribution in [0.15, 0.2) is 41.8 Å². The second kappa shape index (κ2) is 6.85. The highest BCUT2D eigenvalue weighted by molar-refractivity contribution is 14.1. The van der Waals surface area contributed by atoms with Gasteiger partial charge in [0, 0.05) is 17.6 Å². The van der Waals surface area contributed by atoms with Crippen LogP contribution < -0.4 is 4.90 Å². The number of carbonyl (C=O) groups excluding carboxylic acids is 1. The van der Waals surface area contributed by atoms with Crippen molar-refractivity contribution >= 4 is 51.5 Å². The predicted octanol–water partition coefficient (Wildman–Crippen LogP) is 3.47. The van der Waals surface area contributed by atoms with Crippen LogP contribution in [0, 0.1) is 2.88 Å². The van der Waals surface area contributed by atoms with Crippen LogP contribution >= 0.6 is 33.9 Å². The van der Waals surface area contributed by atoms with Crippen LogP contribution in [0.5, 0.6) is 0 Å². The third kappa shape index (κ3) is 3.80. The lowest BCUT2D eigenvalue weighted by molar-refractivity contribution is -0.136. The number of para-hydroxylation sites is 1. The minimum atomic E-state index is -0.918. The summed E-state index contributed by atoms with van der Waals surface area (Å²) >= 11 is 3.65. The number of hydrogen-bond donors (Lipinski definition) is 1. The average molecular weight is 401 g/mol. The monoisotopic (exact) mass is 401 g/mol. The number of carboxylic acids is 1. The van der Waals surface area contributed by atoms with E-state index in [1.165, 1.54) is 16.2 Å². The number of thiophene rings is 1. The molecule has 0 aliphatic rings. The van der Waals surface area contributed by atoms with Crippen molar-refractivity contribution in [1.82, 2.24) is 0 Å². The van der Waals surface area contributed by atoms with Crippen molar-refractivity contribution in [1.29, 1.82) is 0 Å². The van der Waals surface area contributed by atoms with Crippen molar-refractivity contribution in [3.05, 3.63) is 50.2 Å². The second-order valence-electron chi connectivity index (χ2n) is 4.08. The molecular weight excluding hydrogens is 389 g/mol. The summed E-state index contributed by atoms with van der Waals surface area (Å²) in [4.78, 5) is 24.8. The van der Waals surface area contributed by atoms with Crippen molar-refractivity contribution in [2.75, 3.05) is 11.4 Å². The highest BCUT2D eigenvalue weighted by Gasteiger charge is 2.19. The average Bonchev–Trinajstić information content (AvgIpc) is 2.86. The summed E-state index contributed by atoms with van der Waals surface area (Å²) in [5.74, 6) is -1.09. The topological polar surface area (TPSA) is 57.6 Å². The molecule has 1 aromatic heterocycles. The lowest BCUT2D eigenvalue weighted by Gasteiger charge is -2.21. The van der Waals surface area contributed by atoms with Gasteiger partial charge in [0.15, 0.2) is 0 Å². The molecule has 0 bridgehead atoms. The smallest absolute Gasteiger partial charge is 0.305 e. The molecule has 0 radical (unpaired) electrons. The minimum Gasteiger partial charge on any atom is -0.481 e. The molecule has 2 aromatic rings. The fourth-order valence-electron chi connectivity index (χ4n) is 1.74. The zero-order valence-electron chi connectivity index (χ0n) is 10.5. The van der Waals surface area contributed by atoms with Gasteiger partial charge in [0.05, 0.1) is 14.9 Å². The van der Waals surface area contributed by atoms with Gasteiger partial charge in [-0.15, -0.1) is 11.3 Å². The van der Waals surface area contributed by atoms with Crippen molar-refractivity contribution < 1.29 is 14.7 Å². The van der Waals surface area contributed by atoms with Gasteiger partial charge in [-0.2, -0.15) is 0 Å². The molecule has 2 rings (SSSR count). The van der Waals surface area contributed by atoms with Gasteiger partial charge in [-0.1, -0.05) is 18.2 Å². The Kier molecular flexibility index (Phi) is 5.13. The Balaban J connectivity index is 2.26. The van der Waals surface area contributed by atoms with E-state index in [9.17, 15) is 9.59 Å². The number of hydrogen-bond acceptors (Lipinski definition) is 3. The summed E-state index contributed by atoms with van der Waals surface area (Å²) in [6, 6.07) is 10.9. The maximum absolute atomic E-state index is 12.5. The molecule has 1 N–H and O–H groups in total. The van der Waals surface area contributed by atoms with Crippen LogP contribution in [-0.2, 0) is 4.79 Å². The fraction of sp³-hybridized carbons (Fsp3) is 0.143. The fourth-order valence-corrected chi connectivity index (χ4v) is 3.06. The number of aliphatic carboxylic acids is 1. The molecule has 0 atom stereocenters. The molecule has 0 fully saturated rings. The lowest BCUT2D eigenvalue weighted by Crippen LogP contribution is -2.32. The molecule has 0 saturated carbocycles. The van der Waals surface area contributed by atoms with E-state index < -0.39 is 5.97 Å². The van der Waals surface area contributed by atoms with Crippen LogP contribution in [0.3, 0.4) is 0 Å². The number of amides is 1. The summed E-state index contributed by atoms with van der Waals surface area (Å²) in [5.41, 5.74) is 1.30. The number of carbonyl (C=O) groups is 2. The van der Waals surface area contributed by atoms with E-state index >= 15 is 0 Å². The third-order valence-electron chi connectivity index (χ3n) is 2.68. The summed E-state index contributed by atoms with van der Waals surface area (Å²) in [7, 11) is 0. The first kappa shape index (κ1) is 15.0. The van der Waals surface area contributed by atoms with E-state index in [1.807, 2.05) is 24.3 Å². The number of halogens is 1. The second-order valence-corrected chi connectivity index (χ2v) is 6.88. The third-order valence-corrected chi connectivity index (χ3v) is 4.47. The Bertz CT molecular complexity index is 612. The zero-order chi connectivity index (χ0) is 14.5. The molecule has 20 heavy (non-hydrogen) atoms. The molecule has 1 aromatic carbocycles. The molecular formula is C14H12INO3S. The molecule has 4 nitrogen and oxygen atoms in total. The lowest BCUT2D eigenvalue weighted by atomic mass is 10.2. The first-order chi connectivity index (χ1) is 9.58. The van der Waals surface area contributed by atoms with E-state index in [0.717, 1.165) is 2.88 Å². The molecule has 104 valence electrons. The molecule has 1 heterocycles. The van der Waals surface area contributed by atoms with Crippen LogP contribution in [0.4, 0.5) is 5.69 Å². The molecule has 6 heteroatoms.